The van der Waals surface area contributed by atoms with Crippen LogP contribution in [0.15, 0.2) is 42.6 Å². The molecule has 30 heavy (non-hydrogen) atoms. The van der Waals surface area contributed by atoms with Crippen molar-refractivity contribution in [3.05, 3.63) is 65.5 Å². The fraction of sp³-hybridized carbons (Fsp3) is 0.217. The minimum absolute atomic E-state index is 0.0949. The van der Waals surface area contributed by atoms with E-state index in [1.807, 2.05) is 0 Å². The van der Waals surface area contributed by atoms with Crippen LogP contribution in [0.5, 0.6) is 0 Å². The van der Waals surface area contributed by atoms with E-state index in [-0.39, 0.29) is 11.5 Å². The minimum atomic E-state index is -0.580. The maximum atomic E-state index is 14.2. The van der Waals surface area contributed by atoms with Gasteiger partial charge in [-0.15, -0.1) is 0 Å². The molecular formula is C23H19FN6. The first-order valence-corrected chi connectivity index (χ1v) is 9.71. The monoisotopic (exact) mass is 398 g/mol. The van der Waals surface area contributed by atoms with Crippen molar-refractivity contribution in [1.29, 1.82) is 5.26 Å². The Kier molecular flexibility index (Phi) is 5.28. The van der Waals surface area contributed by atoms with Crippen molar-refractivity contribution in [1.82, 2.24) is 9.97 Å². The molecule has 0 saturated carbocycles. The van der Waals surface area contributed by atoms with E-state index in [0.29, 0.717) is 33.6 Å². The van der Waals surface area contributed by atoms with Crippen molar-refractivity contribution in [2.45, 2.75) is 19.3 Å². The lowest BCUT2D eigenvalue weighted by Gasteiger charge is -2.29. The number of piperidine rings is 1. The van der Waals surface area contributed by atoms with Crippen LogP contribution in [0.2, 0.25) is 0 Å². The van der Waals surface area contributed by atoms with Crippen molar-refractivity contribution in [2.75, 3.05) is 23.7 Å². The lowest BCUT2D eigenvalue weighted by molar-refractivity contribution is 0.573. The van der Waals surface area contributed by atoms with Crippen molar-refractivity contribution in [3.63, 3.8) is 0 Å². The summed E-state index contributed by atoms with van der Waals surface area (Å²) in [4.78, 5) is 13.8. The third-order valence-electron chi connectivity index (χ3n) is 5.28. The second-order valence-corrected chi connectivity index (χ2v) is 7.11. The second kappa shape index (κ2) is 8.18. The van der Waals surface area contributed by atoms with Crippen LogP contribution in [-0.4, -0.2) is 23.1 Å². The molecule has 148 valence electrons. The number of hydrogen-bond acceptors (Lipinski definition) is 5. The van der Waals surface area contributed by atoms with Gasteiger partial charge in [-0.05, 0) is 48.6 Å². The van der Waals surface area contributed by atoms with Gasteiger partial charge in [0.2, 0.25) is 11.6 Å². The number of nitrogens with two attached hydrogens (primary N) is 1. The number of aromatic nitrogens is 2. The molecule has 0 radical (unpaired) electrons. The van der Waals surface area contributed by atoms with Gasteiger partial charge in [0.1, 0.15) is 17.7 Å². The summed E-state index contributed by atoms with van der Waals surface area (Å²) in [5, 5.41) is 10.0. The van der Waals surface area contributed by atoms with Crippen LogP contribution in [0.3, 0.4) is 0 Å². The maximum absolute atomic E-state index is 14.2. The van der Waals surface area contributed by atoms with Crippen LogP contribution in [0.1, 0.15) is 24.8 Å². The number of anilines is 2. The van der Waals surface area contributed by atoms with Crippen LogP contribution >= 0.6 is 0 Å². The molecule has 2 N–H and O–H groups in total. The summed E-state index contributed by atoms with van der Waals surface area (Å²) >= 11 is 0. The van der Waals surface area contributed by atoms with Gasteiger partial charge in [0.15, 0.2) is 0 Å². The zero-order valence-electron chi connectivity index (χ0n) is 16.3. The van der Waals surface area contributed by atoms with Gasteiger partial charge in [0, 0.05) is 30.4 Å². The number of halogens is 1. The third kappa shape index (κ3) is 3.42. The Hall–Kier alpha value is -3.97. The van der Waals surface area contributed by atoms with E-state index >= 15 is 0 Å². The van der Waals surface area contributed by atoms with Crippen LogP contribution in [0.4, 0.5) is 21.7 Å². The molecular weight excluding hydrogens is 379 g/mol. The number of hydrogen-bond donors (Lipinski definition) is 1. The Morgan fingerprint density at radius 1 is 1.13 bits per heavy atom. The number of nitriles is 1. The van der Waals surface area contributed by atoms with Gasteiger partial charge in [-0.3, -0.25) is 0 Å². The van der Waals surface area contributed by atoms with Crippen molar-refractivity contribution in [2.24, 2.45) is 0 Å². The van der Waals surface area contributed by atoms with E-state index in [2.05, 4.69) is 25.8 Å². The summed E-state index contributed by atoms with van der Waals surface area (Å²) in [5.74, 6) is 0.0244. The third-order valence-corrected chi connectivity index (χ3v) is 5.28. The first-order chi connectivity index (χ1) is 14.6. The maximum Gasteiger partial charge on any atom is 0.237 e. The van der Waals surface area contributed by atoms with E-state index in [1.165, 1.54) is 6.20 Å². The smallest absolute Gasteiger partial charge is 0.237 e. The van der Waals surface area contributed by atoms with Crippen LogP contribution < -0.4 is 10.6 Å². The predicted molar refractivity (Wildman–Crippen MR) is 114 cm³/mol. The van der Waals surface area contributed by atoms with Crippen LogP contribution in [0, 0.1) is 23.9 Å². The standard InChI is InChI=1S/C23H19FN6/c1-27-20-19(16-8-5-7-15(13-16)17-9-6-10-28-21(17)24)18(14-25)23(29-22(20)26)30-11-3-2-4-12-30/h5-10,13H,2-4,11-12H2,(H2,26,29). The Morgan fingerprint density at radius 2 is 1.90 bits per heavy atom. The fourth-order valence-electron chi connectivity index (χ4n) is 3.86. The molecule has 0 spiro atoms. The van der Waals surface area contributed by atoms with E-state index < -0.39 is 5.95 Å². The summed E-state index contributed by atoms with van der Waals surface area (Å²) in [6.45, 7) is 9.21. The van der Waals surface area contributed by atoms with Gasteiger partial charge in [0.05, 0.1) is 12.1 Å². The number of benzene rings is 1. The van der Waals surface area contributed by atoms with Gasteiger partial charge in [-0.1, -0.05) is 18.2 Å². The molecule has 0 bridgehead atoms. The van der Waals surface area contributed by atoms with E-state index in [4.69, 9.17) is 12.3 Å². The zero-order chi connectivity index (χ0) is 21.1. The minimum Gasteiger partial charge on any atom is -0.392 e. The summed E-state index contributed by atoms with van der Waals surface area (Å²) in [6.07, 6.45) is 4.56. The molecule has 3 aromatic rings. The molecule has 0 amide bonds. The number of pyridine rings is 2. The Bertz CT molecular complexity index is 1190. The second-order valence-electron chi connectivity index (χ2n) is 7.11. The number of nitrogen functional groups attached to an aromatic ring is 1. The SMILES string of the molecule is [C-]#[N+]c1c(N)nc(N2CCCCC2)c(C#N)c1-c1cccc(-c2cccnc2F)c1. The lowest BCUT2D eigenvalue weighted by Crippen LogP contribution is -2.31. The Morgan fingerprint density at radius 3 is 2.60 bits per heavy atom. The van der Waals surface area contributed by atoms with Crippen LogP contribution in [-0.2, 0) is 0 Å². The van der Waals surface area contributed by atoms with Gasteiger partial charge in [0.25, 0.3) is 0 Å². The summed E-state index contributed by atoms with van der Waals surface area (Å²) in [6, 6.07) is 12.6. The molecule has 7 heteroatoms. The summed E-state index contributed by atoms with van der Waals surface area (Å²) < 4.78 is 14.2. The highest BCUT2D eigenvalue weighted by Gasteiger charge is 2.24. The van der Waals surface area contributed by atoms with Crippen molar-refractivity contribution < 1.29 is 4.39 Å². The highest BCUT2D eigenvalue weighted by atomic mass is 19.1. The molecule has 0 aliphatic carbocycles. The van der Waals surface area contributed by atoms with E-state index in [9.17, 15) is 9.65 Å². The predicted octanol–water partition coefficient (Wildman–Crippen LogP) is 4.94. The molecule has 1 aliphatic rings. The van der Waals surface area contributed by atoms with Gasteiger partial charge in [-0.2, -0.15) is 9.65 Å². The summed E-state index contributed by atoms with van der Waals surface area (Å²) in [7, 11) is 0. The van der Waals surface area contributed by atoms with Gasteiger partial charge < -0.3 is 10.6 Å². The highest BCUT2D eigenvalue weighted by Crippen LogP contribution is 2.42. The fourth-order valence-corrected chi connectivity index (χ4v) is 3.86. The summed E-state index contributed by atoms with van der Waals surface area (Å²) in [5.41, 5.74) is 8.60. The molecule has 3 heterocycles. The lowest BCUT2D eigenvalue weighted by atomic mass is 9.95. The quantitative estimate of drug-likeness (QED) is 0.499. The van der Waals surface area contributed by atoms with Gasteiger partial charge in [-0.25, -0.2) is 14.8 Å². The van der Waals surface area contributed by atoms with Crippen LogP contribution in [0.25, 0.3) is 27.1 Å². The molecule has 1 aliphatic heterocycles. The Labute approximate surface area is 174 Å². The molecule has 2 aromatic heterocycles. The van der Waals surface area contributed by atoms with Gasteiger partial charge >= 0.3 is 0 Å². The van der Waals surface area contributed by atoms with E-state index in [0.717, 1.165) is 32.4 Å². The molecule has 4 rings (SSSR count). The Balaban J connectivity index is 1.93. The van der Waals surface area contributed by atoms with E-state index in [1.54, 1.807) is 36.4 Å². The van der Waals surface area contributed by atoms with Crippen molar-refractivity contribution >= 4 is 17.3 Å². The molecule has 1 saturated heterocycles. The largest absolute Gasteiger partial charge is 0.392 e. The molecule has 0 unspecified atom stereocenters. The zero-order valence-corrected chi connectivity index (χ0v) is 16.3. The topological polar surface area (TPSA) is 83.2 Å². The molecule has 1 fully saturated rings. The number of rotatable bonds is 3. The molecule has 6 nitrogen and oxygen atoms in total. The normalized spacial score (nSPS) is 13.5. The van der Waals surface area contributed by atoms with Crippen molar-refractivity contribution in [3.8, 4) is 28.3 Å². The average Bonchev–Trinajstić information content (AvgIpc) is 2.79. The first-order valence-electron chi connectivity index (χ1n) is 9.71. The average molecular weight is 398 g/mol. The highest BCUT2D eigenvalue weighted by molar-refractivity contribution is 5.93. The number of nitrogens with zero attached hydrogens (tertiary/aromatic N) is 5. The molecule has 1 aromatic carbocycles. The molecule has 0 atom stereocenters. The first kappa shape index (κ1) is 19.4.